The van der Waals surface area contributed by atoms with Crippen molar-refractivity contribution >= 4 is 11.6 Å². The normalized spacial score (nSPS) is 10.8. The zero-order valence-corrected chi connectivity index (χ0v) is 8.49. The lowest BCUT2D eigenvalue weighted by Crippen LogP contribution is -2.16. The lowest BCUT2D eigenvalue weighted by molar-refractivity contribution is -0.388. The molecule has 1 aromatic rings. The second kappa shape index (κ2) is 4.33. The van der Waals surface area contributed by atoms with Crippen molar-refractivity contribution in [3.63, 3.8) is 0 Å². The van der Waals surface area contributed by atoms with Crippen LogP contribution < -0.4 is 5.73 Å². The first-order valence-corrected chi connectivity index (χ1v) is 4.28. The Balaban J connectivity index is 3.75. The Morgan fingerprint density at radius 1 is 1.44 bits per heavy atom. The minimum Gasteiger partial charge on any atom is -0.366 e. The molecule has 18 heavy (non-hydrogen) atoms. The van der Waals surface area contributed by atoms with Gasteiger partial charge >= 0.3 is 6.18 Å². The fraction of sp³-hybridized carbons (Fsp3) is 0.111. The first kappa shape index (κ1) is 13.4. The van der Waals surface area contributed by atoms with Crippen LogP contribution in [0.3, 0.4) is 0 Å². The van der Waals surface area contributed by atoms with E-state index in [1.807, 2.05) is 0 Å². The topological polar surface area (TPSA) is 110 Å². The first-order chi connectivity index (χ1) is 8.18. The molecule has 2 N–H and O–H groups in total. The zero-order chi connectivity index (χ0) is 14.1. The molecule has 6 nitrogen and oxygen atoms in total. The molecule has 0 aromatic heterocycles. The monoisotopic (exact) mass is 259 g/mol. The summed E-state index contributed by atoms with van der Waals surface area (Å²) in [4.78, 5) is 20.0. The number of hydrogen-bond acceptors (Lipinski definition) is 4. The number of halogens is 3. The SMILES string of the molecule is N#Cc1cc(C(N)=O)cc(C(F)(F)F)c1[N+](=O)[O-]. The van der Waals surface area contributed by atoms with E-state index >= 15 is 0 Å². The van der Waals surface area contributed by atoms with Crippen LogP contribution in [0, 0.1) is 21.4 Å². The third-order valence-electron chi connectivity index (χ3n) is 2.00. The third-order valence-corrected chi connectivity index (χ3v) is 2.00. The minimum atomic E-state index is -5.07. The Kier molecular flexibility index (Phi) is 3.23. The molecular weight excluding hydrogens is 255 g/mol. The fourth-order valence-electron chi connectivity index (χ4n) is 1.27. The van der Waals surface area contributed by atoms with Crippen molar-refractivity contribution < 1.29 is 22.9 Å². The van der Waals surface area contributed by atoms with E-state index in [1.54, 1.807) is 0 Å². The molecule has 0 spiro atoms. The van der Waals surface area contributed by atoms with E-state index in [2.05, 4.69) is 0 Å². The highest BCUT2D eigenvalue weighted by atomic mass is 19.4. The summed E-state index contributed by atoms with van der Waals surface area (Å²) < 4.78 is 37.8. The van der Waals surface area contributed by atoms with E-state index in [1.165, 1.54) is 6.07 Å². The van der Waals surface area contributed by atoms with Gasteiger partial charge in [-0.2, -0.15) is 18.4 Å². The summed E-state index contributed by atoms with van der Waals surface area (Å²) in [6.45, 7) is 0. The summed E-state index contributed by atoms with van der Waals surface area (Å²) in [5, 5.41) is 19.2. The first-order valence-electron chi connectivity index (χ1n) is 4.28. The number of nitriles is 1. The number of amides is 1. The predicted octanol–water partition coefficient (Wildman–Crippen LogP) is 1.58. The zero-order valence-electron chi connectivity index (χ0n) is 8.49. The summed E-state index contributed by atoms with van der Waals surface area (Å²) in [7, 11) is 0. The number of rotatable bonds is 2. The number of nitrogens with zero attached hydrogens (tertiary/aromatic N) is 2. The van der Waals surface area contributed by atoms with Crippen molar-refractivity contribution in [2.75, 3.05) is 0 Å². The van der Waals surface area contributed by atoms with Gasteiger partial charge in [0.1, 0.15) is 17.2 Å². The number of alkyl halides is 3. The molecule has 0 radical (unpaired) electrons. The molecule has 1 rings (SSSR count). The van der Waals surface area contributed by atoms with Crippen LogP contribution in [0.1, 0.15) is 21.5 Å². The van der Waals surface area contributed by atoms with Gasteiger partial charge in [0.15, 0.2) is 0 Å². The lowest BCUT2D eigenvalue weighted by Gasteiger charge is -2.09. The second-order valence-electron chi connectivity index (χ2n) is 3.15. The van der Waals surface area contributed by atoms with Gasteiger partial charge in [0.2, 0.25) is 5.91 Å². The second-order valence-corrected chi connectivity index (χ2v) is 3.15. The molecule has 94 valence electrons. The molecule has 0 saturated carbocycles. The number of primary amides is 1. The molecule has 0 aliphatic heterocycles. The highest BCUT2D eigenvalue weighted by Crippen LogP contribution is 2.38. The van der Waals surface area contributed by atoms with Crippen molar-refractivity contribution in [1.29, 1.82) is 5.26 Å². The number of carbonyl (C=O) groups excluding carboxylic acids is 1. The van der Waals surface area contributed by atoms with Gasteiger partial charge in [-0.15, -0.1) is 0 Å². The summed E-state index contributed by atoms with van der Waals surface area (Å²) in [5.41, 5.74) is 0.224. The van der Waals surface area contributed by atoms with Crippen molar-refractivity contribution in [2.24, 2.45) is 5.73 Å². The Morgan fingerprint density at radius 2 is 2.00 bits per heavy atom. The van der Waals surface area contributed by atoms with Gasteiger partial charge < -0.3 is 5.73 Å². The third kappa shape index (κ3) is 2.37. The summed E-state index contributed by atoms with van der Waals surface area (Å²) in [6, 6.07) is 2.14. The smallest absolute Gasteiger partial charge is 0.366 e. The van der Waals surface area contributed by atoms with Crippen molar-refractivity contribution in [3.8, 4) is 6.07 Å². The molecule has 0 aliphatic rings. The van der Waals surface area contributed by atoms with Crippen molar-refractivity contribution in [3.05, 3.63) is 38.9 Å². The van der Waals surface area contributed by atoms with Gasteiger partial charge in [-0.3, -0.25) is 14.9 Å². The van der Waals surface area contributed by atoms with E-state index < -0.39 is 39.4 Å². The number of nitrogens with two attached hydrogens (primary N) is 1. The molecular formula is C9H4F3N3O3. The maximum absolute atomic E-state index is 12.6. The van der Waals surface area contributed by atoms with Gasteiger partial charge in [0.05, 0.1) is 4.92 Å². The van der Waals surface area contributed by atoms with Gasteiger partial charge in [0.25, 0.3) is 5.69 Å². The molecule has 0 bridgehead atoms. The molecule has 0 fully saturated rings. The lowest BCUT2D eigenvalue weighted by atomic mass is 10.0. The largest absolute Gasteiger partial charge is 0.423 e. The summed E-state index contributed by atoms with van der Waals surface area (Å²) in [5.74, 6) is -1.22. The van der Waals surface area contributed by atoms with E-state index in [0.717, 1.165) is 0 Å². The number of hydrogen-bond donors (Lipinski definition) is 1. The maximum Gasteiger partial charge on any atom is 0.423 e. The van der Waals surface area contributed by atoms with Crippen LogP contribution >= 0.6 is 0 Å². The van der Waals surface area contributed by atoms with Crippen LogP contribution in [0.4, 0.5) is 18.9 Å². The summed E-state index contributed by atoms with van der Waals surface area (Å²) in [6.07, 6.45) is -5.07. The molecule has 0 unspecified atom stereocenters. The maximum atomic E-state index is 12.6. The standard InChI is InChI=1S/C9H4F3N3O3/c10-9(11,12)6-2-4(8(14)16)1-5(3-13)7(6)15(17)18/h1-2H,(H2,14,16). The van der Waals surface area contributed by atoms with Gasteiger partial charge in [-0.05, 0) is 12.1 Å². The Labute approximate surface area is 97.6 Å². The Hall–Kier alpha value is -2.63. The highest BCUT2D eigenvalue weighted by molar-refractivity contribution is 5.94. The van der Waals surface area contributed by atoms with Crippen molar-refractivity contribution in [1.82, 2.24) is 0 Å². The number of benzene rings is 1. The van der Waals surface area contributed by atoms with Crippen molar-refractivity contribution in [2.45, 2.75) is 6.18 Å². The molecule has 0 saturated heterocycles. The molecule has 0 aliphatic carbocycles. The minimum absolute atomic E-state index is 0.251. The van der Waals surface area contributed by atoms with Gasteiger partial charge in [-0.1, -0.05) is 0 Å². The van der Waals surface area contributed by atoms with E-state index in [-0.39, 0.29) is 6.07 Å². The molecule has 9 heteroatoms. The van der Waals surface area contributed by atoms with E-state index in [4.69, 9.17) is 11.0 Å². The summed E-state index contributed by atoms with van der Waals surface area (Å²) >= 11 is 0. The Morgan fingerprint density at radius 3 is 2.33 bits per heavy atom. The molecule has 1 amide bonds. The van der Waals surface area contributed by atoms with Gasteiger partial charge in [-0.25, -0.2) is 0 Å². The van der Waals surface area contributed by atoms with Crippen LogP contribution in [-0.4, -0.2) is 10.8 Å². The predicted molar refractivity (Wildman–Crippen MR) is 51.3 cm³/mol. The van der Waals surface area contributed by atoms with Crippen LogP contribution in [0.25, 0.3) is 0 Å². The average Bonchev–Trinajstić information content (AvgIpc) is 2.25. The van der Waals surface area contributed by atoms with E-state index in [9.17, 15) is 28.1 Å². The quantitative estimate of drug-likeness (QED) is 0.642. The highest BCUT2D eigenvalue weighted by Gasteiger charge is 2.40. The molecule has 0 atom stereocenters. The van der Waals surface area contributed by atoms with Gasteiger partial charge in [0, 0.05) is 5.56 Å². The Bertz CT molecular complexity index is 575. The number of nitro benzene ring substituents is 1. The number of nitro groups is 1. The fourth-order valence-corrected chi connectivity index (χ4v) is 1.27. The molecule has 0 heterocycles. The van der Waals surface area contributed by atoms with Crippen LogP contribution in [0.15, 0.2) is 12.1 Å². The van der Waals surface area contributed by atoms with Crippen LogP contribution in [-0.2, 0) is 6.18 Å². The van der Waals surface area contributed by atoms with Crippen LogP contribution in [0.5, 0.6) is 0 Å². The van der Waals surface area contributed by atoms with Crippen LogP contribution in [0.2, 0.25) is 0 Å². The molecule has 1 aromatic carbocycles. The van der Waals surface area contributed by atoms with E-state index in [0.29, 0.717) is 6.07 Å². The number of carbonyl (C=O) groups is 1. The average molecular weight is 259 g/mol.